The van der Waals surface area contributed by atoms with Gasteiger partial charge < -0.3 is 15.0 Å². The SMILES string of the molecule is CCc1nc(C)c(-c2nc3c([nH]2)C[C@@H](c2ccccc2OC)CNC3=O)s1. The Hall–Kier alpha value is -2.67. The summed E-state index contributed by atoms with van der Waals surface area (Å²) in [6.45, 7) is 4.62. The number of imidazole rings is 1. The molecule has 2 N–H and O–H groups in total. The number of H-pyrrole nitrogens is 1. The molecule has 1 aromatic carbocycles. The summed E-state index contributed by atoms with van der Waals surface area (Å²) >= 11 is 1.63. The van der Waals surface area contributed by atoms with Crippen LogP contribution in [0.15, 0.2) is 24.3 Å². The molecule has 4 rings (SSSR count). The zero-order chi connectivity index (χ0) is 19.0. The summed E-state index contributed by atoms with van der Waals surface area (Å²) in [7, 11) is 1.67. The molecule has 0 fully saturated rings. The fourth-order valence-corrected chi connectivity index (χ4v) is 4.47. The molecule has 0 radical (unpaired) electrons. The number of thiazole rings is 1. The topological polar surface area (TPSA) is 79.9 Å². The quantitative estimate of drug-likeness (QED) is 0.724. The highest BCUT2D eigenvalue weighted by molar-refractivity contribution is 7.15. The van der Waals surface area contributed by atoms with Crippen molar-refractivity contribution < 1.29 is 9.53 Å². The number of hydrogen-bond donors (Lipinski definition) is 2. The number of hydrogen-bond acceptors (Lipinski definition) is 5. The number of para-hydroxylation sites is 1. The fourth-order valence-electron chi connectivity index (χ4n) is 3.52. The van der Waals surface area contributed by atoms with E-state index in [0.29, 0.717) is 18.7 Å². The van der Waals surface area contributed by atoms with Crippen molar-refractivity contribution in [3.05, 3.63) is 51.9 Å². The normalized spacial score (nSPS) is 16.6. The van der Waals surface area contributed by atoms with Gasteiger partial charge in [-0.05, 0) is 31.4 Å². The van der Waals surface area contributed by atoms with Crippen LogP contribution in [0.4, 0.5) is 0 Å². The smallest absolute Gasteiger partial charge is 0.271 e. The van der Waals surface area contributed by atoms with Crippen LogP contribution in [-0.2, 0) is 12.8 Å². The Morgan fingerprint density at radius 2 is 2.11 bits per heavy atom. The molecule has 1 atom stereocenters. The first-order valence-corrected chi connectivity index (χ1v) is 9.89. The first-order valence-electron chi connectivity index (χ1n) is 9.07. The van der Waals surface area contributed by atoms with E-state index in [9.17, 15) is 4.79 Å². The molecule has 0 spiro atoms. The largest absolute Gasteiger partial charge is 0.496 e. The van der Waals surface area contributed by atoms with Gasteiger partial charge in [-0.15, -0.1) is 11.3 Å². The highest BCUT2D eigenvalue weighted by atomic mass is 32.1. The lowest BCUT2D eigenvalue weighted by Crippen LogP contribution is -2.26. The van der Waals surface area contributed by atoms with Crippen molar-refractivity contribution in [1.29, 1.82) is 0 Å². The van der Waals surface area contributed by atoms with Gasteiger partial charge in [0.05, 0.1) is 22.7 Å². The van der Waals surface area contributed by atoms with Gasteiger partial charge in [-0.3, -0.25) is 4.79 Å². The van der Waals surface area contributed by atoms with Gasteiger partial charge in [0.2, 0.25) is 0 Å². The van der Waals surface area contributed by atoms with Gasteiger partial charge in [-0.1, -0.05) is 25.1 Å². The summed E-state index contributed by atoms with van der Waals surface area (Å²) < 4.78 is 5.51. The monoisotopic (exact) mass is 382 g/mol. The highest BCUT2D eigenvalue weighted by Gasteiger charge is 2.28. The second kappa shape index (κ2) is 7.15. The van der Waals surface area contributed by atoms with Crippen molar-refractivity contribution in [3.63, 3.8) is 0 Å². The number of carbonyl (C=O) groups is 1. The van der Waals surface area contributed by atoms with Crippen LogP contribution in [0.1, 0.15) is 45.3 Å². The number of rotatable bonds is 4. The molecule has 0 bridgehead atoms. The average molecular weight is 382 g/mol. The molecule has 3 aromatic rings. The first kappa shape index (κ1) is 17.7. The standard InChI is InChI=1S/C20H22N4O2S/c1-4-16-22-11(2)18(27-16)19-23-14-9-12(10-21-20(25)17(14)24-19)13-7-5-6-8-15(13)26-3/h5-8,12H,4,9-10H2,1-3H3,(H,21,25)(H,23,24)/t12-/m1/s1. The van der Waals surface area contributed by atoms with Crippen molar-refractivity contribution in [2.75, 3.05) is 13.7 Å². The predicted molar refractivity (Wildman–Crippen MR) is 106 cm³/mol. The van der Waals surface area contributed by atoms with Crippen LogP contribution < -0.4 is 10.1 Å². The maximum atomic E-state index is 12.6. The maximum Gasteiger partial charge on any atom is 0.271 e. The number of aromatic amines is 1. The number of nitrogens with zero attached hydrogens (tertiary/aromatic N) is 2. The molecule has 1 amide bonds. The molecule has 0 aliphatic carbocycles. The maximum absolute atomic E-state index is 12.6. The van der Waals surface area contributed by atoms with Gasteiger partial charge in [-0.2, -0.15) is 0 Å². The molecule has 1 aliphatic rings. The van der Waals surface area contributed by atoms with E-state index < -0.39 is 0 Å². The van der Waals surface area contributed by atoms with E-state index >= 15 is 0 Å². The molecule has 7 heteroatoms. The van der Waals surface area contributed by atoms with Crippen molar-refractivity contribution in [3.8, 4) is 16.5 Å². The van der Waals surface area contributed by atoms with Crippen LogP contribution in [-0.4, -0.2) is 34.5 Å². The van der Waals surface area contributed by atoms with E-state index in [1.54, 1.807) is 18.4 Å². The molecular weight excluding hydrogens is 360 g/mol. The third kappa shape index (κ3) is 3.23. The molecule has 3 heterocycles. The third-order valence-corrected chi connectivity index (χ3v) is 6.20. The van der Waals surface area contributed by atoms with Gasteiger partial charge in [0, 0.05) is 18.2 Å². The molecule has 0 saturated carbocycles. The zero-order valence-electron chi connectivity index (χ0n) is 15.6. The minimum atomic E-state index is -0.136. The number of fused-ring (bicyclic) bond motifs is 1. The Labute approximate surface area is 162 Å². The van der Waals surface area contributed by atoms with Crippen LogP contribution in [0.2, 0.25) is 0 Å². The molecular formula is C20H22N4O2S. The fraction of sp³-hybridized carbons (Fsp3) is 0.350. The summed E-state index contributed by atoms with van der Waals surface area (Å²) in [5.74, 6) is 1.55. The Balaban J connectivity index is 1.72. The number of nitrogens with one attached hydrogen (secondary N) is 2. The van der Waals surface area contributed by atoms with E-state index in [1.165, 1.54) is 0 Å². The molecule has 1 aliphatic heterocycles. The van der Waals surface area contributed by atoms with Crippen LogP contribution in [0.3, 0.4) is 0 Å². The van der Waals surface area contributed by atoms with Gasteiger partial charge >= 0.3 is 0 Å². The Bertz CT molecular complexity index is 992. The lowest BCUT2D eigenvalue weighted by atomic mass is 9.93. The summed E-state index contributed by atoms with van der Waals surface area (Å²) in [4.78, 5) is 26.2. The molecule has 140 valence electrons. The summed E-state index contributed by atoms with van der Waals surface area (Å²) in [5, 5.41) is 4.08. The number of ether oxygens (including phenoxy) is 1. The number of carbonyl (C=O) groups excluding carboxylic acids is 1. The number of methoxy groups -OCH3 is 1. The van der Waals surface area contributed by atoms with Gasteiger partial charge in [-0.25, -0.2) is 9.97 Å². The summed E-state index contributed by atoms with van der Waals surface area (Å²) in [6.07, 6.45) is 1.59. The lowest BCUT2D eigenvalue weighted by Gasteiger charge is -2.17. The number of aryl methyl sites for hydroxylation is 2. The predicted octanol–water partition coefficient (Wildman–Crippen LogP) is 3.48. The molecule has 2 aromatic heterocycles. The van der Waals surface area contributed by atoms with Crippen LogP contribution >= 0.6 is 11.3 Å². The van der Waals surface area contributed by atoms with Crippen molar-refractivity contribution >= 4 is 17.2 Å². The Kier molecular flexibility index (Phi) is 4.70. The highest BCUT2D eigenvalue weighted by Crippen LogP contribution is 2.33. The van der Waals surface area contributed by atoms with Gasteiger partial charge in [0.25, 0.3) is 5.91 Å². The number of amides is 1. The number of aromatic nitrogens is 3. The van der Waals surface area contributed by atoms with Crippen LogP contribution in [0.5, 0.6) is 5.75 Å². The minimum absolute atomic E-state index is 0.119. The second-order valence-corrected chi connectivity index (χ2v) is 7.72. The van der Waals surface area contributed by atoms with E-state index in [2.05, 4.69) is 33.3 Å². The van der Waals surface area contributed by atoms with Gasteiger partial charge in [0.1, 0.15) is 11.4 Å². The second-order valence-electron chi connectivity index (χ2n) is 6.64. The molecule has 6 nitrogen and oxygen atoms in total. The summed E-state index contributed by atoms with van der Waals surface area (Å²) in [6, 6.07) is 7.96. The van der Waals surface area contributed by atoms with Crippen molar-refractivity contribution in [2.45, 2.75) is 32.6 Å². The minimum Gasteiger partial charge on any atom is -0.496 e. The van der Waals surface area contributed by atoms with E-state index in [-0.39, 0.29) is 11.8 Å². The first-order chi connectivity index (χ1) is 13.1. The van der Waals surface area contributed by atoms with Gasteiger partial charge in [0.15, 0.2) is 5.82 Å². The van der Waals surface area contributed by atoms with Crippen LogP contribution in [0.25, 0.3) is 10.7 Å². The Morgan fingerprint density at radius 1 is 1.30 bits per heavy atom. The van der Waals surface area contributed by atoms with Crippen molar-refractivity contribution in [1.82, 2.24) is 20.3 Å². The lowest BCUT2D eigenvalue weighted by molar-refractivity contribution is 0.0950. The van der Waals surface area contributed by atoms with E-state index in [1.807, 2.05) is 25.1 Å². The van der Waals surface area contributed by atoms with Crippen molar-refractivity contribution in [2.24, 2.45) is 0 Å². The average Bonchev–Trinajstić information content (AvgIpc) is 3.24. The van der Waals surface area contributed by atoms with E-state index in [0.717, 1.165) is 44.8 Å². The summed E-state index contributed by atoms with van der Waals surface area (Å²) in [5.41, 5.74) is 3.38. The third-order valence-electron chi connectivity index (χ3n) is 4.89. The molecule has 0 saturated heterocycles. The van der Waals surface area contributed by atoms with E-state index in [4.69, 9.17) is 4.74 Å². The number of benzene rings is 1. The zero-order valence-corrected chi connectivity index (χ0v) is 16.4. The van der Waals surface area contributed by atoms with Crippen LogP contribution in [0, 0.1) is 6.92 Å². The molecule has 27 heavy (non-hydrogen) atoms. The Morgan fingerprint density at radius 3 is 2.85 bits per heavy atom. The molecule has 0 unspecified atom stereocenters.